The summed E-state index contributed by atoms with van der Waals surface area (Å²) in [5.74, 6) is 5.42. The van der Waals surface area contributed by atoms with Gasteiger partial charge in [-0.1, -0.05) is 12.1 Å². The van der Waals surface area contributed by atoms with Gasteiger partial charge in [-0.2, -0.15) is 0 Å². The van der Waals surface area contributed by atoms with E-state index in [1.165, 1.54) is 0 Å². The van der Waals surface area contributed by atoms with Crippen LogP contribution in [0.25, 0.3) is 0 Å². The summed E-state index contributed by atoms with van der Waals surface area (Å²) >= 11 is 0. The van der Waals surface area contributed by atoms with Gasteiger partial charge in [-0.15, -0.1) is 0 Å². The number of nitrogens with one attached hydrogen (secondary N) is 1. The summed E-state index contributed by atoms with van der Waals surface area (Å²) in [6.07, 6.45) is 0. The van der Waals surface area contributed by atoms with Crippen molar-refractivity contribution in [2.24, 2.45) is 5.84 Å². The fourth-order valence-electron chi connectivity index (χ4n) is 2.18. The number of carbonyl (C=O) groups excluding carboxylic acids is 1. The lowest BCUT2D eigenvalue weighted by atomic mass is 10.0. The topological polar surface area (TPSA) is 67.6 Å². The van der Waals surface area contributed by atoms with Crippen LogP contribution in [0.15, 0.2) is 24.3 Å². The zero-order chi connectivity index (χ0) is 13.2. The van der Waals surface area contributed by atoms with Crippen LogP contribution in [0.1, 0.15) is 24.2 Å². The van der Waals surface area contributed by atoms with Gasteiger partial charge in [0.25, 0.3) is 5.91 Å². The molecular weight excluding hydrogens is 230 g/mol. The maximum Gasteiger partial charge on any atom is 0.256 e. The average molecular weight is 249 g/mol. The molecular formula is C13H19N3O2. The van der Waals surface area contributed by atoms with E-state index in [-0.39, 0.29) is 11.4 Å². The number of carbonyl (C=O) groups is 1. The number of anilines is 1. The molecule has 0 radical (unpaired) electrons. The highest BCUT2D eigenvalue weighted by atomic mass is 16.5. The minimum absolute atomic E-state index is 0.0168. The molecule has 0 aromatic heterocycles. The predicted octanol–water partition coefficient (Wildman–Crippen LogP) is 1.22. The standard InChI is InChI=1S/C13H19N3O2/c1-13(2)9-18-8-7-16(13)12(17)10-5-3-4-6-11(10)15-14/h3-6,15H,7-9,14H2,1-2H3. The van der Waals surface area contributed by atoms with Crippen LogP contribution in [-0.4, -0.2) is 36.1 Å². The van der Waals surface area contributed by atoms with Gasteiger partial charge in [0, 0.05) is 6.54 Å². The van der Waals surface area contributed by atoms with Crippen molar-refractivity contribution in [1.29, 1.82) is 0 Å². The number of hydrogen-bond acceptors (Lipinski definition) is 4. The Kier molecular flexibility index (Phi) is 3.54. The SMILES string of the molecule is CC1(C)COCCN1C(=O)c1ccccc1NN. The monoisotopic (exact) mass is 249 g/mol. The normalized spacial score (nSPS) is 18.5. The number of nitrogens with zero attached hydrogens (tertiary/aromatic N) is 1. The van der Waals surface area contributed by atoms with E-state index in [1.54, 1.807) is 12.1 Å². The van der Waals surface area contributed by atoms with Crippen molar-refractivity contribution in [3.8, 4) is 0 Å². The van der Waals surface area contributed by atoms with Crippen molar-refractivity contribution in [3.05, 3.63) is 29.8 Å². The second-order valence-electron chi connectivity index (χ2n) is 5.01. The Morgan fingerprint density at radius 3 is 2.83 bits per heavy atom. The maximum atomic E-state index is 12.6. The summed E-state index contributed by atoms with van der Waals surface area (Å²) in [7, 11) is 0. The van der Waals surface area contributed by atoms with Gasteiger partial charge in [-0.05, 0) is 26.0 Å². The Labute approximate surface area is 107 Å². The molecule has 5 nitrogen and oxygen atoms in total. The van der Waals surface area contributed by atoms with E-state index >= 15 is 0 Å². The van der Waals surface area contributed by atoms with Crippen LogP contribution in [0.3, 0.4) is 0 Å². The smallest absolute Gasteiger partial charge is 0.256 e. The molecule has 0 atom stereocenters. The van der Waals surface area contributed by atoms with Crippen LogP contribution in [0.4, 0.5) is 5.69 Å². The van der Waals surface area contributed by atoms with Crippen LogP contribution in [0.2, 0.25) is 0 Å². The fourth-order valence-corrected chi connectivity index (χ4v) is 2.18. The highest BCUT2D eigenvalue weighted by molar-refractivity contribution is 6.00. The Hall–Kier alpha value is -1.59. The molecule has 1 heterocycles. The minimum Gasteiger partial charge on any atom is -0.377 e. The lowest BCUT2D eigenvalue weighted by Crippen LogP contribution is -2.55. The number of benzene rings is 1. The molecule has 1 aromatic rings. The summed E-state index contributed by atoms with van der Waals surface area (Å²) in [5, 5.41) is 0. The van der Waals surface area contributed by atoms with Crippen molar-refractivity contribution in [3.63, 3.8) is 0 Å². The largest absolute Gasteiger partial charge is 0.377 e. The van der Waals surface area contributed by atoms with Crippen LogP contribution in [0.5, 0.6) is 0 Å². The zero-order valence-corrected chi connectivity index (χ0v) is 10.8. The number of amides is 1. The van der Waals surface area contributed by atoms with E-state index in [1.807, 2.05) is 30.9 Å². The molecule has 1 fully saturated rings. The third-order valence-electron chi connectivity index (χ3n) is 3.20. The number of hydrazine groups is 1. The van der Waals surface area contributed by atoms with Crippen LogP contribution >= 0.6 is 0 Å². The second kappa shape index (κ2) is 4.96. The molecule has 0 saturated carbocycles. The Morgan fingerprint density at radius 2 is 2.17 bits per heavy atom. The van der Waals surface area contributed by atoms with Crippen molar-refractivity contribution in [2.75, 3.05) is 25.2 Å². The molecule has 0 bridgehead atoms. The van der Waals surface area contributed by atoms with E-state index in [4.69, 9.17) is 10.6 Å². The first-order valence-electron chi connectivity index (χ1n) is 6.01. The van der Waals surface area contributed by atoms with E-state index in [0.717, 1.165) is 0 Å². The molecule has 1 saturated heterocycles. The predicted molar refractivity (Wildman–Crippen MR) is 70.2 cm³/mol. The van der Waals surface area contributed by atoms with Gasteiger partial charge in [0.05, 0.1) is 30.0 Å². The number of nitrogens with two attached hydrogens (primary N) is 1. The van der Waals surface area contributed by atoms with Gasteiger partial charge in [-0.3, -0.25) is 10.6 Å². The lowest BCUT2D eigenvalue weighted by Gasteiger charge is -2.42. The molecule has 1 aromatic carbocycles. The van der Waals surface area contributed by atoms with Gasteiger partial charge in [-0.25, -0.2) is 0 Å². The third-order valence-corrected chi connectivity index (χ3v) is 3.20. The number of morpholine rings is 1. The fraction of sp³-hybridized carbons (Fsp3) is 0.462. The quantitative estimate of drug-likeness (QED) is 0.611. The van der Waals surface area contributed by atoms with Gasteiger partial charge in [0.2, 0.25) is 0 Å². The first kappa shape index (κ1) is 12.9. The summed E-state index contributed by atoms with van der Waals surface area (Å²) in [4.78, 5) is 14.4. The molecule has 3 N–H and O–H groups in total. The number of hydrogen-bond donors (Lipinski definition) is 2. The van der Waals surface area contributed by atoms with Crippen molar-refractivity contribution in [1.82, 2.24) is 4.90 Å². The summed E-state index contributed by atoms with van der Waals surface area (Å²) in [6.45, 7) is 5.74. The molecule has 1 aliphatic heterocycles. The molecule has 1 amide bonds. The molecule has 0 spiro atoms. The van der Waals surface area contributed by atoms with Gasteiger partial charge in [0.15, 0.2) is 0 Å². The van der Waals surface area contributed by atoms with E-state index in [2.05, 4.69) is 5.43 Å². The van der Waals surface area contributed by atoms with E-state index in [0.29, 0.717) is 31.0 Å². The highest BCUT2D eigenvalue weighted by Crippen LogP contribution is 2.24. The highest BCUT2D eigenvalue weighted by Gasteiger charge is 2.35. The van der Waals surface area contributed by atoms with Gasteiger partial charge >= 0.3 is 0 Å². The van der Waals surface area contributed by atoms with Crippen molar-refractivity contribution >= 4 is 11.6 Å². The van der Waals surface area contributed by atoms with E-state index in [9.17, 15) is 4.79 Å². The van der Waals surface area contributed by atoms with Crippen molar-refractivity contribution < 1.29 is 9.53 Å². The third kappa shape index (κ3) is 2.32. The maximum absolute atomic E-state index is 12.6. The Morgan fingerprint density at radius 1 is 1.44 bits per heavy atom. The van der Waals surface area contributed by atoms with E-state index < -0.39 is 0 Å². The summed E-state index contributed by atoms with van der Waals surface area (Å²) in [5.41, 5.74) is 3.51. The Bertz CT molecular complexity index is 446. The number of ether oxygens (including phenoxy) is 1. The first-order valence-corrected chi connectivity index (χ1v) is 6.01. The second-order valence-corrected chi connectivity index (χ2v) is 5.01. The molecule has 18 heavy (non-hydrogen) atoms. The number of nitrogen functional groups attached to an aromatic ring is 1. The molecule has 0 aliphatic carbocycles. The number of rotatable bonds is 2. The molecule has 5 heteroatoms. The van der Waals surface area contributed by atoms with Crippen molar-refractivity contribution in [2.45, 2.75) is 19.4 Å². The number of para-hydroxylation sites is 1. The minimum atomic E-state index is -0.295. The Balaban J connectivity index is 2.30. The average Bonchev–Trinajstić information content (AvgIpc) is 2.37. The van der Waals surface area contributed by atoms with Crippen LogP contribution < -0.4 is 11.3 Å². The molecule has 98 valence electrons. The first-order chi connectivity index (χ1) is 8.56. The van der Waals surface area contributed by atoms with Gasteiger partial charge in [0.1, 0.15) is 0 Å². The van der Waals surface area contributed by atoms with Crippen LogP contribution in [-0.2, 0) is 4.74 Å². The molecule has 0 unspecified atom stereocenters. The zero-order valence-electron chi connectivity index (χ0n) is 10.8. The molecule has 2 rings (SSSR count). The summed E-state index contributed by atoms with van der Waals surface area (Å²) < 4.78 is 5.42. The summed E-state index contributed by atoms with van der Waals surface area (Å²) in [6, 6.07) is 7.25. The van der Waals surface area contributed by atoms with Gasteiger partial charge < -0.3 is 15.1 Å². The molecule has 1 aliphatic rings. The van der Waals surface area contributed by atoms with Crippen LogP contribution in [0, 0.1) is 0 Å². The lowest BCUT2D eigenvalue weighted by molar-refractivity contribution is -0.0370.